The van der Waals surface area contributed by atoms with E-state index in [4.69, 9.17) is 14.2 Å². The van der Waals surface area contributed by atoms with E-state index < -0.39 is 0 Å². The smallest absolute Gasteiger partial charge is 0.191 e. The van der Waals surface area contributed by atoms with E-state index in [0.29, 0.717) is 12.6 Å². The number of nitrogens with one attached hydrogen (secondary N) is 2. The average Bonchev–Trinajstić information content (AvgIpc) is 2.80. The Hall–Kier alpha value is -1.01. The molecule has 2 fully saturated rings. The molecule has 1 unspecified atom stereocenters. The van der Waals surface area contributed by atoms with Gasteiger partial charge in [0.15, 0.2) is 5.96 Å². The number of halogens is 2. The van der Waals surface area contributed by atoms with Crippen LogP contribution in [0, 0.1) is 5.82 Å². The number of ether oxygens (including phenoxy) is 3. The second kappa shape index (κ2) is 14.9. The van der Waals surface area contributed by atoms with Crippen LogP contribution < -0.4 is 10.6 Å². The van der Waals surface area contributed by atoms with Crippen molar-refractivity contribution >= 4 is 29.9 Å². The minimum absolute atomic E-state index is 0. The van der Waals surface area contributed by atoms with E-state index in [2.05, 4.69) is 20.5 Å². The predicted molar refractivity (Wildman–Crippen MR) is 131 cm³/mol. The van der Waals surface area contributed by atoms with Gasteiger partial charge in [-0.1, -0.05) is 12.1 Å². The standard InChI is InChI=1S/C22H35FN4O3.HI/c1-24-22(25-9-2-12-30-20-7-13-28-14-8-20)26-17-21(27-10-15-29-16-11-27)18-3-5-19(23)6-4-18;/h3-6,20-21H,2,7-17H2,1H3,(H2,24,25,26);1H. The van der Waals surface area contributed by atoms with Crippen LogP contribution in [0.2, 0.25) is 0 Å². The van der Waals surface area contributed by atoms with Gasteiger partial charge in [0.2, 0.25) is 0 Å². The molecular formula is C22H36FIN4O3. The van der Waals surface area contributed by atoms with Gasteiger partial charge in [0.1, 0.15) is 5.82 Å². The number of aliphatic imine (C=N–C) groups is 1. The van der Waals surface area contributed by atoms with Gasteiger partial charge in [0, 0.05) is 53.0 Å². The van der Waals surface area contributed by atoms with E-state index in [9.17, 15) is 4.39 Å². The van der Waals surface area contributed by atoms with Crippen molar-refractivity contribution in [1.29, 1.82) is 0 Å². The molecule has 0 bridgehead atoms. The summed E-state index contributed by atoms with van der Waals surface area (Å²) in [5, 5.41) is 6.78. The average molecular weight is 550 g/mol. The summed E-state index contributed by atoms with van der Waals surface area (Å²) >= 11 is 0. The van der Waals surface area contributed by atoms with E-state index in [1.54, 1.807) is 7.05 Å². The highest BCUT2D eigenvalue weighted by Gasteiger charge is 2.23. The van der Waals surface area contributed by atoms with Crippen molar-refractivity contribution in [2.45, 2.75) is 31.4 Å². The van der Waals surface area contributed by atoms with Gasteiger partial charge < -0.3 is 24.8 Å². The molecule has 31 heavy (non-hydrogen) atoms. The van der Waals surface area contributed by atoms with E-state index in [1.807, 2.05) is 12.1 Å². The maximum Gasteiger partial charge on any atom is 0.191 e. The third-order valence-electron chi connectivity index (χ3n) is 5.56. The molecule has 1 aromatic carbocycles. The summed E-state index contributed by atoms with van der Waals surface area (Å²) in [5.74, 6) is 0.550. The molecule has 0 amide bonds. The van der Waals surface area contributed by atoms with Crippen molar-refractivity contribution in [2.75, 3.05) is 66.3 Å². The number of nitrogens with zero attached hydrogens (tertiary/aromatic N) is 2. The number of hydrogen-bond acceptors (Lipinski definition) is 5. The van der Waals surface area contributed by atoms with Gasteiger partial charge in [-0.05, 0) is 37.0 Å². The number of guanidine groups is 1. The molecule has 176 valence electrons. The molecule has 2 aliphatic heterocycles. The highest BCUT2D eigenvalue weighted by molar-refractivity contribution is 14.0. The summed E-state index contributed by atoms with van der Waals surface area (Å²) in [6.07, 6.45) is 3.23. The summed E-state index contributed by atoms with van der Waals surface area (Å²) in [5.41, 5.74) is 1.09. The van der Waals surface area contributed by atoms with Crippen molar-refractivity contribution in [3.63, 3.8) is 0 Å². The minimum Gasteiger partial charge on any atom is -0.381 e. The molecule has 0 aliphatic carbocycles. The summed E-state index contributed by atoms with van der Waals surface area (Å²) in [7, 11) is 1.77. The Kier molecular flexibility index (Phi) is 12.6. The largest absolute Gasteiger partial charge is 0.381 e. The van der Waals surface area contributed by atoms with E-state index >= 15 is 0 Å². The van der Waals surface area contributed by atoms with Crippen LogP contribution in [0.1, 0.15) is 30.9 Å². The molecule has 0 radical (unpaired) electrons. The summed E-state index contributed by atoms with van der Waals surface area (Å²) in [6.45, 7) is 6.98. The van der Waals surface area contributed by atoms with Crippen LogP contribution in [-0.2, 0) is 14.2 Å². The van der Waals surface area contributed by atoms with Crippen molar-refractivity contribution in [3.05, 3.63) is 35.6 Å². The second-order valence-corrected chi connectivity index (χ2v) is 7.63. The highest BCUT2D eigenvalue weighted by atomic mass is 127. The van der Waals surface area contributed by atoms with Crippen LogP contribution in [0.5, 0.6) is 0 Å². The Morgan fingerprint density at radius 1 is 1.13 bits per heavy atom. The topological polar surface area (TPSA) is 67.4 Å². The van der Waals surface area contributed by atoms with Crippen LogP contribution in [-0.4, -0.2) is 83.2 Å². The van der Waals surface area contributed by atoms with Gasteiger partial charge in [0.05, 0.1) is 25.4 Å². The predicted octanol–water partition coefficient (Wildman–Crippen LogP) is 2.57. The maximum atomic E-state index is 13.4. The van der Waals surface area contributed by atoms with Gasteiger partial charge in [-0.25, -0.2) is 4.39 Å². The first kappa shape index (κ1) is 26.2. The summed E-state index contributed by atoms with van der Waals surface area (Å²) in [6, 6.07) is 6.90. The van der Waals surface area contributed by atoms with E-state index in [0.717, 1.165) is 83.5 Å². The monoisotopic (exact) mass is 550 g/mol. The van der Waals surface area contributed by atoms with Crippen LogP contribution >= 0.6 is 24.0 Å². The lowest BCUT2D eigenvalue weighted by molar-refractivity contribution is -0.0320. The molecule has 1 aromatic rings. The zero-order valence-corrected chi connectivity index (χ0v) is 20.7. The summed E-state index contributed by atoms with van der Waals surface area (Å²) < 4.78 is 30.2. The lowest BCUT2D eigenvalue weighted by Gasteiger charge is -2.35. The zero-order valence-electron chi connectivity index (χ0n) is 18.4. The maximum absolute atomic E-state index is 13.4. The molecule has 1 atom stereocenters. The first-order valence-electron chi connectivity index (χ1n) is 11.0. The fourth-order valence-electron chi connectivity index (χ4n) is 3.82. The van der Waals surface area contributed by atoms with E-state index in [1.165, 1.54) is 12.1 Å². The van der Waals surface area contributed by atoms with Gasteiger partial charge in [-0.2, -0.15) is 0 Å². The molecule has 2 aliphatic rings. The number of benzene rings is 1. The fourth-order valence-corrected chi connectivity index (χ4v) is 3.82. The Morgan fingerprint density at radius 3 is 2.48 bits per heavy atom. The molecule has 7 nitrogen and oxygen atoms in total. The Labute approximate surface area is 202 Å². The molecular weight excluding hydrogens is 514 g/mol. The van der Waals surface area contributed by atoms with Gasteiger partial charge in [-0.3, -0.25) is 9.89 Å². The quantitative estimate of drug-likeness (QED) is 0.213. The second-order valence-electron chi connectivity index (χ2n) is 7.63. The molecule has 2 saturated heterocycles. The number of morpholine rings is 1. The molecule has 9 heteroatoms. The molecule has 2 heterocycles. The Bertz CT molecular complexity index is 638. The van der Waals surface area contributed by atoms with Gasteiger partial charge >= 0.3 is 0 Å². The first-order chi connectivity index (χ1) is 14.8. The minimum atomic E-state index is -0.215. The third kappa shape index (κ3) is 9.17. The number of rotatable bonds is 9. The van der Waals surface area contributed by atoms with Crippen molar-refractivity contribution < 1.29 is 18.6 Å². The summed E-state index contributed by atoms with van der Waals surface area (Å²) in [4.78, 5) is 6.71. The van der Waals surface area contributed by atoms with Crippen LogP contribution in [0.15, 0.2) is 29.3 Å². The lowest BCUT2D eigenvalue weighted by Crippen LogP contribution is -2.46. The van der Waals surface area contributed by atoms with E-state index in [-0.39, 0.29) is 35.8 Å². The number of hydrogen-bond donors (Lipinski definition) is 2. The molecule has 0 aromatic heterocycles. The third-order valence-corrected chi connectivity index (χ3v) is 5.56. The SMILES string of the molecule is CN=C(NCCCOC1CCOCC1)NCC(c1ccc(F)cc1)N1CCOCC1.I. The van der Waals surface area contributed by atoms with Crippen molar-refractivity contribution in [3.8, 4) is 0 Å². The van der Waals surface area contributed by atoms with Crippen molar-refractivity contribution in [1.82, 2.24) is 15.5 Å². The van der Waals surface area contributed by atoms with Gasteiger partial charge in [-0.15, -0.1) is 24.0 Å². The molecule has 3 rings (SSSR count). The Balaban J connectivity index is 0.00000341. The zero-order chi connectivity index (χ0) is 21.0. The Morgan fingerprint density at radius 2 is 1.81 bits per heavy atom. The van der Waals surface area contributed by atoms with Crippen LogP contribution in [0.4, 0.5) is 4.39 Å². The molecule has 2 N–H and O–H groups in total. The van der Waals surface area contributed by atoms with Crippen LogP contribution in [0.25, 0.3) is 0 Å². The highest BCUT2D eigenvalue weighted by Crippen LogP contribution is 2.21. The first-order valence-corrected chi connectivity index (χ1v) is 11.0. The van der Waals surface area contributed by atoms with Crippen molar-refractivity contribution in [2.24, 2.45) is 4.99 Å². The lowest BCUT2D eigenvalue weighted by atomic mass is 10.0. The van der Waals surface area contributed by atoms with Crippen LogP contribution in [0.3, 0.4) is 0 Å². The fraction of sp³-hybridized carbons (Fsp3) is 0.682. The normalized spacial score (nSPS) is 19.5. The van der Waals surface area contributed by atoms with Gasteiger partial charge in [0.25, 0.3) is 0 Å². The molecule has 0 saturated carbocycles. The molecule has 0 spiro atoms.